The van der Waals surface area contributed by atoms with E-state index in [0.717, 1.165) is 25.7 Å². The van der Waals surface area contributed by atoms with E-state index in [1.54, 1.807) is 0 Å². The van der Waals surface area contributed by atoms with Crippen molar-refractivity contribution in [3.8, 4) is 0 Å². The molecule has 3 heteroatoms. The maximum atomic E-state index is 12.4. The van der Waals surface area contributed by atoms with Crippen molar-refractivity contribution < 1.29 is 14.6 Å². The molecule has 0 aliphatic heterocycles. The number of hydrogen-bond acceptors (Lipinski definition) is 3. The first kappa shape index (κ1) is 36.5. The maximum absolute atomic E-state index is 12.4. The van der Waals surface area contributed by atoms with Crippen LogP contribution in [0.5, 0.6) is 0 Å². The molecule has 0 aromatic carbocycles. The van der Waals surface area contributed by atoms with E-state index in [-0.39, 0.29) is 34.7 Å². The lowest BCUT2D eigenvalue weighted by Crippen LogP contribution is -2.47. The summed E-state index contributed by atoms with van der Waals surface area (Å²) in [5.74, 6) is 1.03. The third-order valence-electron chi connectivity index (χ3n) is 9.49. The number of ether oxygens (including phenoxy) is 1. The van der Waals surface area contributed by atoms with E-state index >= 15 is 0 Å². The van der Waals surface area contributed by atoms with Crippen LogP contribution in [0.25, 0.3) is 0 Å². The van der Waals surface area contributed by atoms with Crippen molar-refractivity contribution in [1.82, 2.24) is 0 Å². The topological polar surface area (TPSA) is 46.5 Å². The van der Waals surface area contributed by atoms with Gasteiger partial charge in [0.25, 0.3) is 0 Å². The van der Waals surface area contributed by atoms with Gasteiger partial charge in [-0.15, -0.1) is 0 Å². The summed E-state index contributed by atoms with van der Waals surface area (Å²) in [6.45, 7) is 16.3. The van der Waals surface area contributed by atoms with Crippen LogP contribution in [0, 0.1) is 28.6 Å². The minimum absolute atomic E-state index is 0.0303. The van der Waals surface area contributed by atoms with Gasteiger partial charge < -0.3 is 9.84 Å². The Bertz CT molecular complexity index is 575. The van der Waals surface area contributed by atoms with Crippen molar-refractivity contribution in [2.75, 3.05) is 6.61 Å². The second kappa shape index (κ2) is 20.3. The molecule has 3 nitrogen and oxygen atoms in total. The molecule has 2 atom stereocenters. The molecule has 1 saturated carbocycles. The number of esters is 1. The molecule has 0 heterocycles. The monoisotopic (exact) mass is 551 g/mol. The number of hydrogen-bond donors (Lipinski definition) is 1. The normalized spacial score (nSPS) is 22.3. The second-order valence-electron chi connectivity index (χ2n) is 15.2. The SMILES string of the molecule is CCCCCCCCCCCCCCCCCCCOC(=O)CCC1CC(C(C)(C)C)C(O)C(C(C)(C)C)C1. The van der Waals surface area contributed by atoms with Crippen molar-refractivity contribution in [3.63, 3.8) is 0 Å². The van der Waals surface area contributed by atoms with Crippen LogP contribution in [0.1, 0.15) is 183 Å². The van der Waals surface area contributed by atoms with Crippen molar-refractivity contribution in [2.45, 2.75) is 189 Å². The molecule has 1 aliphatic carbocycles. The molecule has 0 spiro atoms. The van der Waals surface area contributed by atoms with E-state index in [0.29, 0.717) is 18.9 Å². The molecular weight excluding hydrogens is 480 g/mol. The molecule has 1 fully saturated rings. The average molecular weight is 551 g/mol. The zero-order valence-electron chi connectivity index (χ0n) is 27.6. The minimum atomic E-state index is -0.257. The van der Waals surface area contributed by atoms with Crippen molar-refractivity contribution in [1.29, 1.82) is 0 Å². The molecule has 39 heavy (non-hydrogen) atoms. The summed E-state index contributed by atoms with van der Waals surface area (Å²) in [7, 11) is 0. The molecule has 0 saturated heterocycles. The highest BCUT2D eigenvalue weighted by molar-refractivity contribution is 5.69. The number of rotatable bonds is 21. The molecule has 0 bridgehead atoms. The number of unbranched alkanes of at least 4 members (excludes halogenated alkanes) is 16. The lowest BCUT2D eigenvalue weighted by atomic mass is 9.58. The van der Waals surface area contributed by atoms with Gasteiger partial charge in [-0.3, -0.25) is 4.79 Å². The zero-order valence-corrected chi connectivity index (χ0v) is 27.6. The van der Waals surface area contributed by atoms with Gasteiger partial charge in [-0.1, -0.05) is 151 Å². The van der Waals surface area contributed by atoms with E-state index in [1.165, 1.54) is 103 Å². The van der Waals surface area contributed by atoms with Gasteiger partial charge in [-0.25, -0.2) is 0 Å². The van der Waals surface area contributed by atoms with Crippen LogP contribution in [-0.2, 0) is 9.53 Å². The highest BCUT2D eigenvalue weighted by Crippen LogP contribution is 2.49. The van der Waals surface area contributed by atoms with Gasteiger partial charge >= 0.3 is 5.97 Å². The molecule has 0 radical (unpaired) electrons. The van der Waals surface area contributed by atoms with Gasteiger partial charge in [0.15, 0.2) is 0 Å². The Hall–Kier alpha value is -0.570. The lowest BCUT2D eigenvalue weighted by molar-refractivity contribution is -0.144. The molecule has 2 unspecified atom stereocenters. The minimum Gasteiger partial charge on any atom is -0.466 e. The second-order valence-corrected chi connectivity index (χ2v) is 15.2. The maximum Gasteiger partial charge on any atom is 0.305 e. The van der Waals surface area contributed by atoms with E-state index in [1.807, 2.05) is 0 Å². The highest BCUT2D eigenvalue weighted by Gasteiger charge is 2.45. The summed E-state index contributed by atoms with van der Waals surface area (Å²) in [6.07, 6.45) is 26.4. The van der Waals surface area contributed by atoms with E-state index < -0.39 is 0 Å². The Morgan fingerprint density at radius 2 is 1.00 bits per heavy atom. The quantitative estimate of drug-likeness (QED) is 0.114. The van der Waals surface area contributed by atoms with Gasteiger partial charge in [0.05, 0.1) is 12.7 Å². The molecule has 1 rings (SSSR count). The van der Waals surface area contributed by atoms with Crippen LogP contribution in [-0.4, -0.2) is 23.8 Å². The van der Waals surface area contributed by atoms with E-state index in [4.69, 9.17) is 4.74 Å². The smallest absolute Gasteiger partial charge is 0.305 e. The Labute approximate surface area is 245 Å². The third kappa shape index (κ3) is 17.1. The van der Waals surface area contributed by atoms with Crippen LogP contribution in [0.4, 0.5) is 0 Å². The fraction of sp³-hybridized carbons (Fsp3) is 0.972. The van der Waals surface area contributed by atoms with E-state index in [9.17, 15) is 9.90 Å². The molecule has 1 aliphatic rings. The van der Waals surface area contributed by atoms with E-state index in [2.05, 4.69) is 48.5 Å². The summed E-state index contributed by atoms with van der Waals surface area (Å²) in [5, 5.41) is 11.1. The number of aliphatic hydroxyl groups is 1. The number of carbonyl (C=O) groups is 1. The number of carbonyl (C=O) groups excluding carboxylic acids is 1. The standard InChI is InChI=1S/C36H70O3/c1-8-9-10-11-12-13-14-15-16-17-18-19-20-21-22-23-24-27-39-33(37)26-25-30-28-31(35(2,3)4)34(38)32(29-30)36(5,6)7/h30-32,34,38H,8-29H2,1-7H3. The predicted octanol–water partition coefficient (Wildman–Crippen LogP) is 11.1. The Balaban J connectivity index is 2.02. The molecule has 232 valence electrons. The van der Waals surface area contributed by atoms with Gasteiger partial charge in [-0.2, -0.15) is 0 Å². The Morgan fingerprint density at radius 3 is 1.36 bits per heavy atom. The molecule has 0 aromatic rings. The van der Waals surface area contributed by atoms with Crippen LogP contribution in [0.3, 0.4) is 0 Å². The van der Waals surface area contributed by atoms with Gasteiger partial charge in [-0.05, 0) is 54.3 Å². The first-order valence-corrected chi connectivity index (χ1v) is 17.3. The molecule has 0 amide bonds. The van der Waals surface area contributed by atoms with Gasteiger partial charge in [0, 0.05) is 6.42 Å². The molecular formula is C36H70O3. The van der Waals surface area contributed by atoms with Gasteiger partial charge in [0.1, 0.15) is 0 Å². The first-order chi connectivity index (χ1) is 18.5. The van der Waals surface area contributed by atoms with Crippen LogP contribution in [0.2, 0.25) is 0 Å². The summed E-state index contributed by atoms with van der Waals surface area (Å²) < 4.78 is 5.58. The third-order valence-corrected chi connectivity index (χ3v) is 9.49. The molecule has 1 N–H and O–H groups in total. The fourth-order valence-corrected chi connectivity index (χ4v) is 6.75. The zero-order chi connectivity index (χ0) is 29.2. The Morgan fingerprint density at radius 1 is 0.641 bits per heavy atom. The van der Waals surface area contributed by atoms with Crippen molar-refractivity contribution >= 4 is 5.97 Å². The number of aliphatic hydroxyl groups excluding tert-OH is 1. The lowest BCUT2D eigenvalue weighted by Gasteiger charge is -2.49. The predicted molar refractivity (Wildman–Crippen MR) is 169 cm³/mol. The first-order valence-electron chi connectivity index (χ1n) is 17.3. The summed E-state index contributed by atoms with van der Waals surface area (Å²) >= 11 is 0. The van der Waals surface area contributed by atoms with Crippen LogP contribution in [0.15, 0.2) is 0 Å². The molecule has 0 aromatic heterocycles. The van der Waals surface area contributed by atoms with Crippen molar-refractivity contribution in [2.24, 2.45) is 28.6 Å². The fourth-order valence-electron chi connectivity index (χ4n) is 6.75. The van der Waals surface area contributed by atoms with Crippen LogP contribution < -0.4 is 0 Å². The summed E-state index contributed by atoms with van der Waals surface area (Å²) in [6, 6.07) is 0. The van der Waals surface area contributed by atoms with Crippen molar-refractivity contribution in [3.05, 3.63) is 0 Å². The van der Waals surface area contributed by atoms with Crippen LogP contribution >= 0.6 is 0 Å². The average Bonchev–Trinajstić information content (AvgIpc) is 2.86. The summed E-state index contributed by atoms with van der Waals surface area (Å²) in [4.78, 5) is 12.4. The Kier molecular flexibility index (Phi) is 19.0. The highest BCUT2D eigenvalue weighted by atomic mass is 16.5. The summed E-state index contributed by atoms with van der Waals surface area (Å²) in [5.41, 5.74) is 0.157. The largest absolute Gasteiger partial charge is 0.466 e. The van der Waals surface area contributed by atoms with Gasteiger partial charge in [0.2, 0.25) is 0 Å².